The van der Waals surface area contributed by atoms with Gasteiger partial charge in [0.2, 0.25) is 0 Å². The van der Waals surface area contributed by atoms with Crippen LogP contribution in [0.1, 0.15) is 25.3 Å². The fraction of sp³-hybridized carbons (Fsp3) is 0.571. The number of ether oxygens (including phenoxy) is 1. The van der Waals surface area contributed by atoms with Gasteiger partial charge in [-0.25, -0.2) is 0 Å². The molecular formula is C14H21NO2. The minimum atomic E-state index is -0.809. The fourth-order valence-corrected chi connectivity index (χ4v) is 2.21. The molecule has 1 unspecified atom stereocenters. The van der Waals surface area contributed by atoms with Crippen molar-refractivity contribution in [2.75, 3.05) is 13.2 Å². The molecule has 3 nitrogen and oxygen atoms in total. The first kappa shape index (κ1) is 12.6. The Hall–Kier alpha value is -0.900. The van der Waals surface area contributed by atoms with E-state index in [9.17, 15) is 5.11 Å². The summed E-state index contributed by atoms with van der Waals surface area (Å²) in [5.41, 5.74) is 5.93. The molecule has 0 saturated heterocycles. The van der Waals surface area contributed by atoms with Gasteiger partial charge >= 0.3 is 0 Å². The highest BCUT2D eigenvalue weighted by atomic mass is 16.5. The highest BCUT2D eigenvalue weighted by Crippen LogP contribution is 2.53. The summed E-state index contributed by atoms with van der Waals surface area (Å²) in [5.74, 6) is 0. The van der Waals surface area contributed by atoms with Crippen LogP contribution in [0, 0.1) is 5.41 Å². The van der Waals surface area contributed by atoms with Gasteiger partial charge in [-0.15, -0.1) is 0 Å². The second-order valence-electron chi connectivity index (χ2n) is 5.24. The first-order valence-electron chi connectivity index (χ1n) is 6.14. The molecule has 0 amide bonds. The van der Waals surface area contributed by atoms with Gasteiger partial charge in [0.25, 0.3) is 0 Å². The number of rotatable bonds is 6. The van der Waals surface area contributed by atoms with Gasteiger partial charge in [0.15, 0.2) is 0 Å². The molecule has 1 aromatic rings. The van der Waals surface area contributed by atoms with Crippen molar-refractivity contribution in [1.29, 1.82) is 0 Å². The molecule has 0 radical (unpaired) electrons. The average Bonchev–Trinajstić information content (AvgIpc) is 3.11. The van der Waals surface area contributed by atoms with Crippen LogP contribution in [0.5, 0.6) is 0 Å². The van der Waals surface area contributed by atoms with Gasteiger partial charge in [0, 0.05) is 12.0 Å². The Labute approximate surface area is 103 Å². The fourth-order valence-electron chi connectivity index (χ4n) is 2.21. The van der Waals surface area contributed by atoms with E-state index in [4.69, 9.17) is 10.5 Å². The molecule has 0 aliphatic heterocycles. The van der Waals surface area contributed by atoms with E-state index in [2.05, 4.69) is 0 Å². The van der Waals surface area contributed by atoms with E-state index in [1.807, 2.05) is 37.3 Å². The number of hydrogen-bond donors (Lipinski definition) is 2. The predicted molar refractivity (Wildman–Crippen MR) is 67.4 cm³/mol. The molecule has 1 atom stereocenters. The van der Waals surface area contributed by atoms with Gasteiger partial charge in [-0.1, -0.05) is 30.3 Å². The zero-order valence-electron chi connectivity index (χ0n) is 10.4. The van der Waals surface area contributed by atoms with Crippen LogP contribution < -0.4 is 5.73 Å². The number of hydrogen-bond acceptors (Lipinski definition) is 3. The maximum absolute atomic E-state index is 10.4. The molecule has 94 valence electrons. The highest BCUT2D eigenvalue weighted by molar-refractivity contribution is 5.13. The van der Waals surface area contributed by atoms with Gasteiger partial charge in [0.05, 0.1) is 18.8 Å². The minimum Gasteiger partial charge on any atom is -0.387 e. The molecule has 17 heavy (non-hydrogen) atoms. The van der Waals surface area contributed by atoms with Gasteiger partial charge in [-0.05, 0) is 25.3 Å². The Morgan fingerprint density at radius 1 is 1.35 bits per heavy atom. The first-order chi connectivity index (χ1) is 8.10. The van der Waals surface area contributed by atoms with Crippen LogP contribution in [0.2, 0.25) is 0 Å². The molecule has 3 heteroatoms. The summed E-state index contributed by atoms with van der Waals surface area (Å²) in [6, 6.07) is 9.99. The van der Waals surface area contributed by atoms with E-state index in [0.717, 1.165) is 18.4 Å². The van der Waals surface area contributed by atoms with Crippen LogP contribution in [0.4, 0.5) is 0 Å². The molecule has 1 aliphatic rings. The van der Waals surface area contributed by atoms with Crippen molar-refractivity contribution in [3.8, 4) is 0 Å². The van der Waals surface area contributed by atoms with Gasteiger partial charge in [-0.3, -0.25) is 0 Å². The Balaban J connectivity index is 1.82. The third-order valence-corrected chi connectivity index (χ3v) is 3.88. The van der Waals surface area contributed by atoms with Crippen molar-refractivity contribution in [2.24, 2.45) is 11.1 Å². The number of benzene rings is 1. The highest BCUT2D eigenvalue weighted by Gasteiger charge is 2.55. The lowest BCUT2D eigenvalue weighted by atomic mass is 9.86. The van der Waals surface area contributed by atoms with E-state index in [1.54, 1.807) is 0 Å². The summed E-state index contributed by atoms with van der Waals surface area (Å²) < 4.78 is 5.61. The Morgan fingerprint density at radius 2 is 2.00 bits per heavy atom. The standard InChI is InChI=1S/C14H21NO2/c1-13(16,14(10-15)7-8-14)11-17-9-12-5-3-2-4-6-12/h2-6,16H,7-11,15H2,1H3. The van der Waals surface area contributed by atoms with Crippen LogP contribution in [-0.2, 0) is 11.3 Å². The maximum atomic E-state index is 10.4. The molecule has 0 heterocycles. The van der Waals surface area contributed by atoms with E-state index < -0.39 is 5.60 Å². The number of aliphatic hydroxyl groups is 1. The Bertz CT molecular complexity index is 358. The van der Waals surface area contributed by atoms with Crippen LogP contribution in [0.15, 0.2) is 30.3 Å². The van der Waals surface area contributed by atoms with Crippen molar-refractivity contribution < 1.29 is 9.84 Å². The monoisotopic (exact) mass is 235 g/mol. The van der Waals surface area contributed by atoms with Crippen LogP contribution in [0.25, 0.3) is 0 Å². The Kier molecular flexibility index (Phi) is 3.52. The second-order valence-corrected chi connectivity index (χ2v) is 5.24. The molecule has 3 N–H and O–H groups in total. The van der Waals surface area contributed by atoms with Gasteiger partial charge < -0.3 is 15.6 Å². The van der Waals surface area contributed by atoms with Crippen LogP contribution in [-0.4, -0.2) is 23.9 Å². The van der Waals surface area contributed by atoms with Crippen molar-refractivity contribution in [3.05, 3.63) is 35.9 Å². The zero-order valence-corrected chi connectivity index (χ0v) is 10.4. The van der Waals surface area contributed by atoms with Crippen molar-refractivity contribution in [2.45, 2.75) is 32.0 Å². The second kappa shape index (κ2) is 4.77. The van der Waals surface area contributed by atoms with Gasteiger partial charge in [0.1, 0.15) is 0 Å². The van der Waals surface area contributed by atoms with E-state index in [0.29, 0.717) is 19.8 Å². The van der Waals surface area contributed by atoms with Crippen LogP contribution >= 0.6 is 0 Å². The lowest BCUT2D eigenvalue weighted by Crippen LogP contribution is -2.45. The lowest BCUT2D eigenvalue weighted by Gasteiger charge is -2.32. The normalized spacial score (nSPS) is 20.9. The molecular weight excluding hydrogens is 214 g/mol. The molecule has 0 aromatic heterocycles. The zero-order chi connectivity index (χ0) is 12.4. The van der Waals surface area contributed by atoms with Crippen LogP contribution in [0.3, 0.4) is 0 Å². The summed E-state index contributed by atoms with van der Waals surface area (Å²) in [7, 11) is 0. The summed E-state index contributed by atoms with van der Waals surface area (Å²) >= 11 is 0. The first-order valence-corrected chi connectivity index (χ1v) is 6.14. The van der Waals surface area contributed by atoms with Crippen molar-refractivity contribution in [3.63, 3.8) is 0 Å². The minimum absolute atomic E-state index is 0.107. The molecule has 0 spiro atoms. The Morgan fingerprint density at radius 3 is 2.53 bits per heavy atom. The van der Waals surface area contributed by atoms with E-state index in [-0.39, 0.29) is 5.41 Å². The molecule has 0 bridgehead atoms. The SMILES string of the molecule is CC(O)(COCc1ccccc1)C1(CN)CC1. The van der Waals surface area contributed by atoms with Crippen molar-refractivity contribution >= 4 is 0 Å². The summed E-state index contributed by atoms with van der Waals surface area (Å²) in [6.45, 7) is 3.25. The molecule has 1 saturated carbocycles. The third-order valence-electron chi connectivity index (χ3n) is 3.88. The molecule has 1 aliphatic carbocycles. The van der Waals surface area contributed by atoms with Gasteiger partial charge in [-0.2, -0.15) is 0 Å². The third kappa shape index (κ3) is 2.68. The largest absolute Gasteiger partial charge is 0.387 e. The predicted octanol–water partition coefficient (Wildman–Crippen LogP) is 1.69. The molecule has 1 aromatic carbocycles. The lowest BCUT2D eigenvalue weighted by molar-refractivity contribution is -0.0842. The maximum Gasteiger partial charge on any atom is 0.0920 e. The molecule has 1 fully saturated rings. The summed E-state index contributed by atoms with van der Waals surface area (Å²) in [5, 5.41) is 10.4. The number of nitrogens with two attached hydrogens (primary N) is 1. The van der Waals surface area contributed by atoms with Crippen molar-refractivity contribution in [1.82, 2.24) is 0 Å². The summed E-state index contributed by atoms with van der Waals surface area (Å²) in [6.07, 6.45) is 2.01. The topological polar surface area (TPSA) is 55.5 Å². The summed E-state index contributed by atoms with van der Waals surface area (Å²) in [4.78, 5) is 0. The average molecular weight is 235 g/mol. The van der Waals surface area contributed by atoms with E-state index in [1.165, 1.54) is 0 Å². The smallest absolute Gasteiger partial charge is 0.0920 e. The van der Waals surface area contributed by atoms with E-state index >= 15 is 0 Å². The molecule has 2 rings (SSSR count). The quantitative estimate of drug-likeness (QED) is 0.789.